The molecule has 5 amide bonds. The van der Waals surface area contributed by atoms with Crippen molar-refractivity contribution in [3.63, 3.8) is 0 Å². The number of urea groups is 1. The van der Waals surface area contributed by atoms with Crippen LogP contribution in [0.4, 0.5) is 4.79 Å². The zero-order valence-electron chi connectivity index (χ0n) is 32.3. The van der Waals surface area contributed by atoms with Gasteiger partial charge in [0.1, 0.15) is 6.04 Å². The molecule has 0 radical (unpaired) electrons. The summed E-state index contributed by atoms with van der Waals surface area (Å²) in [6, 6.07) is 26.2. The standard InChI is InChI=1S/C44H59N5O5/c1-5-30(4)28-47-41(51)27-40(50)39(24-29(2)3)49-43(53)38(22-10-11-23-46-44(45)54)48-42(52)35(25-33-18-12-16-31-14-6-8-20-36(31)33)26-34-19-13-17-32-15-7-9-21-37(32)34/h6-9,12-21,29-30,35,38-40,50H,5,10-11,22-28H2,1-4H3,(H,47,51)(H,48,52)(H,49,53)(H3,45,46,54)/t30-,38-,39-,40-/m0/s1. The topological polar surface area (TPSA) is 163 Å². The molecule has 4 aromatic rings. The zero-order valence-corrected chi connectivity index (χ0v) is 32.3. The fourth-order valence-corrected chi connectivity index (χ4v) is 6.91. The molecule has 0 aromatic heterocycles. The fraction of sp³-hybridized carbons (Fsp3) is 0.455. The number of carbonyl (C=O) groups is 4. The van der Waals surface area contributed by atoms with Crippen molar-refractivity contribution in [3.8, 4) is 0 Å². The summed E-state index contributed by atoms with van der Waals surface area (Å²) in [6.45, 7) is 8.93. The predicted octanol–water partition coefficient (Wildman–Crippen LogP) is 6.16. The maximum absolute atomic E-state index is 14.5. The van der Waals surface area contributed by atoms with E-state index in [-0.39, 0.29) is 24.2 Å². The Morgan fingerprint density at radius 2 is 1.30 bits per heavy atom. The van der Waals surface area contributed by atoms with Gasteiger partial charge in [0.2, 0.25) is 17.7 Å². The van der Waals surface area contributed by atoms with Crippen LogP contribution in [0, 0.1) is 17.8 Å². The molecule has 0 bridgehead atoms. The molecular weight excluding hydrogens is 679 g/mol. The van der Waals surface area contributed by atoms with Crippen molar-refractivity contribution in [2.45, 2.75) is 97.2 Å². The Bertz CT molecular complexity index is 1750. The summed E-state index contributed by atoms with van der Waals surface area (Å²) in [4.78, 5) is 52.7. The Kier molecular flexibility index (Phi) is 16.3. The number of nitrogens with one attached hydrogen (secondary N) is 4. The van der Waals surface area contributed by atoms with Gasteiger partial charge >= 0.3 is 6.03 Å². The quantitative estimate of drug-likeness (QED) is 0.0564. The van der Waals surface area contributed by atoms with Crippen LogP contribution < -0.4 is 27.0 Å². The Morgan fingerprint density at radius 1 is 0.722 bits per heavy atom. The Balaban J connectivity index is 1.60. The van der Waals surface area contributed by atoms with E-state index >= 15 is 0 Å². The molecule has 0 aliphatic carbocycles. The molecule has 0 aliphatic heterocycles. The molecule has 0 heterocycles. The van der Waals surface area contributed by atoms with Crippen LogP contribution in [-0.2, 0) is 27.2 Å². The lowest BCUT2D eigenvalue weighted by Gasteiger charge is -2.29. The van der Waals surface area contributed by atoms with Gasteiger partial charge in [-0.3, -0.25) is 14.4 Å². The van der Waals surface area contributed by atoms with Crippen molar-refractivity contribution >= 4 is 45.3 Å². The molecule has 290 valence electrons. The van der Waals surface area contributed by atoms with E-state index in [0.29, 0.717) is 57.5 Å². The third-order valence-electron chi connectivity index (χ3n) is 10.2. The van der Waals surface area contributed by atoms with Gasteiger partial charge in [0.15, 0.2) is 0 Å². The highest BCUT2D eigenvalue weighted by atomic mass is 16.3. The first-order valence-electron chi connectivity index (χ1n) is 19.5. The summed E-state index contributed by atoms with van der Waals surface area (Å²) in [5.74, 6) is -1.04. The lowest BCUT2D eigenvalue weighted by atomic mass is 9.87. The number of fused-ring (bicyclic) bond motifs is 2. The highest BCUT2D eigenvalue weighted by molar-refractivity contribution is 5.91. The Labute approximate surface area is 320 Å². The van der Waals surface area contributed by atoms with E-state index in [9.17, 15) is 24.3 Å². The molecule has 0 unspecified atom stereocenters. The van der Waals surface area contributed by atoms with Gasteiger partial charge in [0.25, 0.3) is 0 Å². The summed E-state index contributed by atoms with van der Waals surface area (Å²) in [6.07, 6.45) is 2.37. The van der Waals surface area contributed by atoms with Gasteiger partial charge in [-0.2, -0.15) is 0 Å². The molecule has 0 saturated heterocycles. The second-order valence-electron chi connectivity index (χ2n) is 15.1. The summed E-state index contributed by atoms with van der Waals surface area (Å²) >= 11 is 0. The maximum atomic E-state index is 14.5. The van der Waals surface area contributed by atoms with E-state index in [1.54, 1.807) is 0 Å². The predicted molar refractivity (Wildman–Crippen MR) is 217 cm³/mol. The molecule has 4 aromatic carbocycles. The van der Waals surface area contributed by atoms with Crippen LogP contribution >= 0.6 is 0 Å². The second-order valence-corrected chi connectivity index (χ2v) is 15.1. The molecule has 10 nitrogen and oxygen atoms in total. The Hall–Kier alpha value is -4.96. The van der Waals surface area contributed by atoms with Crippen molar-refractivity contribution in [2.24, 2.45) is 23.5 Å². The number of nitrogens with two attached hydrogens (primary N) is 1. The number of amides is 5. The van der Waals surface area contributed by atoms with Crippen LogP contribution in [0.3, 0.4) is 0 Å². The van der Waals surface area contributed by atoms with Gasteiger partial charge in [-0.15, -0.1) is 0 Å². The Morgan fingerprint density at radius 3 is 1.85 bits per heavy atom. The maximum Gasteiger partial charge on any atom is 0.312 e. The van der Waals surface area contributed by atoms with Crippen molar-refractivity contribution in [2.75, 3.05) is 13.1 Å². The average Bonchev–Trinajstić information content (AvgIpc) is 3.15. The third kappa shape index (κ3) is 12.9. The average molecular weight is 738 g/mol. The summed E-state index contributed by atoms with van der Waals surface area (Å²) in [5, 5.41) is 27.1. The van der Waals surface area contributed by atoms with Gasteiger partial charge < -0.3 is 32.1 Å². The smallest absolute Gasteiger partial charge is 0.312 e. The number of aliphatic hydroxyl groups is 1. The third-order valence-corrected chi connectivity index (χ3v) is 10.2. The van der Waals surface area contributed by atoms with Crippen LogP contribution in [0.5, 0.6) is 0 Å². The summed E-state index contributed by atoms with van der Waals surface area (Å²) in [7, 11) is 0. The number of rotatable bonds is 21. The number of carbonyl (C=O) groups excluding carboxylic acids is 4. The van der Waals surface area contributed by atoms with E-state index < -0.39 is 36.0 Å². The number of aliphatic hydroxyl groups excluding tert-OH is 1. The lowest BCUT2D eigenvalue weighted by molar-refractivity contribution is -0.132. The van der Waals surface area contributed by atoms with Gasteiger partial charge in [-0.25, -0.2) is 4.79 Å². The number of unbranched alkanes of at least 4 members (excludes halogenated alkanes) is 1. The van der Waals surface area contributed by atoms with E-state index in [4.69, 9.17) is 5.73 Å². The van der Waals surface area contributed by atoms with Gasteiger partial charge in [-0.05, 0) is 83.0 Å². The van der Waals surface area contributed by atoms with E-state index in [2.05, 4.69) is 76.7 Å². The molecule has 54 heavy (non-hydrogen) atoms. The molecule has 7 N–H and O–H groups in total. The van der Waals surface area contributed by atoms with Gasteiger partial charge in [-0.1, -0.05) is 119 Å². The largest absolute Gasteiger partial charge is 0.390 e. The van der Waals surface area contributed by atoms with Crippen molar-refractivity contribution in [3.05, 3.63) is 96.1 Å². The van der Waals surface area contributed by atoms with Crippen molar-refractivity contribution < 1.29 is 24.3 Å². The van der Waals surface area contributed by atoms with Crippen LogP contribution in [0.2, 0.25) is 0 Å². The minimum atomic E-state index is -1.12. The first-order valence-corrected chi connectivity index (χ1v) is 19.5. The van der Waals surface area contributed by atoms with Crippen LogP contribution in [0.1, 0.15) is 77.3 Å². The SMILES string of the molecule is CC[C@H](C)CNC(=O)C[C@H](O)[C@H](CC(C)C)NC(=O)[C@H](CCCCNC(N)=O)NC(=O)C(Cc1cccc2ccccc12)Cc1cccc2ccccc12. The first kappa shape index (κ1) is 41.8. The van der Waals surface area contributed by atoms with E-state index in [0.717, 1.165) is 39.1 Å². The molecule has 4 atom stereocenters. The van der Waals surface area contributed by atoms with Crippen molar-refractivity contribution in [1.29, 1.82) is 0 Å². The summed E-state index contributed by atoms with van der Waals surface area (Å²) in [5.41, 5.74) is 7.33. The first-order chi connectivity index (χ1) is 25.9. The van der Waals surface area contributed by atoms with Gasteiger partial charge in [0.05, 0.1) is 18.6 Å². The lowest BCUT2D eigenvalue weighted by Crippen LogP contribution is -2.54. The second kappa shape index (κ2) is 21.1. The van der Waals surface area contributed by atoms with Crippen LogP contribution in [0.25, 0.3) is 21.5 Å². The summed E-state index contributed by atoms with van der Waals surface area (Å²) < 4.78 is 0. The number of hydrogen-bond acceptors (Lipinski definition) is 5. The fourth-order valence-electron chi connectivity index (χ4n) is 6.91. The minimum Gasteiger partial charge on any atom is -0.390 e. The zero-order chi connectivity index (χ0) is 39.0. The number of hydrogen-bond donors (Lipinski definition) is 6. The molecular formula is C44H59N5O5. The van der Waals surface area contributed by atoms with Crippen molar-refractivity contribution in [1.82, 2.24) is 21.3 Å². The molecule has 0 fully saturated rings. The molecule has 0 aliphatic rings. The highest BCUT2D eigenvalue weighted by Crippen LogP contribution is 2.27. The van der Waals surface area contributed by atoms with Gasteiger partial charge in [0, 0.05) is 19.0 Å². The highest BCUT2D eigenvalue weighted by Gasteiger charge is 2.31. The minimum absolute atomic E-state index is 0.117. The molecule has 0 spiro atoms. The molecule has 4 rings (SSSR count). The normalized spacial score (nSPS) is 13.7. The molecule has 0 saturated carbocycles. The number of benzene rings is 4. The number of primary amides is 1. The van der Waals surface area contributed by atoms with E-state index in [1.165, 1.54) is 0 Å². The van der Waals surface area contributed by atoms with Crippen LogP contribution in [-0.4, -0.2) is 60.1 Å². The van der Waals surface area contributed by atoms with Crippen LogP contribution in [0.15, 0.2) is 84.9 Å². The molecule has 10 heteroatoms. The monoisotopic (exact) mass is 737 g/mol. The van der Waals surface area contributed by atoms with E-state index in [1.807, 2.05) is 57.2 Å².